The summed E-state index contributed by atoms with van der Waals surface area (Å²) in [5, 5.41) is 22.5. The van der Waals surface area contributed by atoms with E-state index in [4.69, 9.17) is 0 Å². The molecular formula is C12H16BrNO3. The second-order valence-electron chi connectivity index (χ2n) is 4.17. The van der Waals surface area contributed by atoms with Crippen molar-refractivity contribution in [2.24, 2.45) is 0 Å². The van der Waals surface area contributed by atoms with Gasteiger partial charge in [-0.2, -0.15) is 0 Å². The zero-order chi connectivity index (χ0) is 13.1. The van der Waals surface area contributed by atoms with Crippen LogP contribution in [0.2, 0.25) is 0 Å². The van der Waals surface area contributed by atoms with E-state index in [1.54, 1.807) is 0 Å². The van der Waals surface area contributed by atoms with Crippen molar-refractivity contribution in [3.8, 4) is 11.5 Å². The molecule has 1 aromatic carbocycles. The lowest BCUT2D eigenvalue weighted by atomic mass is 10.0. The molecule has 3 N–H and O–H groups in total. The average molecular weight is 302 g/mol. The molecule has 0 aliphatic heterocycles. The van der Waals surface area contributed by atoms with Gasteiger partial charge in [-0.25, -0.2) is 0 Å². The third-order valence-corrected chi connectivity index (χ3v) is 3.98. The van der Waals surface area contributed by atoms with Gasteiger partial charge in [0.25, 0.3) is 5.91 Å². The molecule has 0 spiro atoms. The maximum absolute atomic E-state index is 12.0. The Hall–Kier alpha value is -1.23. The Bertz CT molecular complexity index is 396. The first-order chi connectivity index (χ1) is 7.93. The van der Waals surface area contributed by atoms with Gasteiger partial charge in [0.05, 0.1) is 0 Å². The highest BCUT2D eigenvalue weighted by Crippen LogP contribution is 2.27. The molecule has 0 heterocycles. The predicted octanol–water partition coefficient (Wildman–Crippen LogP) is 2.39. The lowest BCUT2D eigenvalue weighted by molar-refractivity contribution is 0.0908. The van der Waals surface area contributed by atoms with Crippen molar-refractivity contribution < 1.29 is 15.0 Å². The van der Waals surface area contributed by atoms with Crippen LogP contribution >= 0.6 is 15.9 Å². The predicted molar refractivity (Wildman–Crippen MR) is 69.7 cm³/mol. The summed E-state index contributed by atoms with van der Waals surface area (Å²) in [6, 6.07) is 4.21. The number of alkyl halides is 1. The minimum absolute atomic E-state index is 0.0897. The van der Waals surface area contributed by atoms with Crippen LogP contribution in [0.4, 0.5) is 0 Å². The molecule has 5 heteroatoms. The number of amides is 1. The molecule has 0 saturated heterocycles. The van der Waals surface area contributed by atoms with Crippen molar-refractivity contribution in [2.75, 3.05) is 5.33 Å². The quantitative estimate of drug-likeness (QED) is 0.748. The molecule has 0 bridgehead atoms. The lowest BCUT2D eigenvalue weighted by Gasteiger charge is -2.27. The molecular weight excluding hydrogens is 286 g/mol. The van der Waals surface area contributed by atoms with Crippen LogP contribution in [0, 0.1) is 0 Å². The monoisotopic (exact) mass is 301 g/mol. The normalized spacial score (nSPS) is 14.1. The average Bonchev–Trinajstić information content (AvgIpc) is 2.28. The third-order valence-electron chi connectivity index (χ3n) is 2.74. The first-order valence-corrected chi connectivity index (χ1v) is 6.45. The molecule has 0 saturated carbocycles. The summed E-state index contributed by atoms with van der Waals surface area (Å²) in [7, 11) is 0. The largest absolute Gasteiger partial charge is 0.507 e. The van der Waals surface area contributed by atoms with Crippen LogP contribution in [0.5, 0.6) is 11.5 Å². The summed E-state index contributed by atoms with van der Waals surface area (Å²) in [4.78, 5) is 12.0. The van der Waals surface area contributed by atoms with Crippen LogP contribution in [0.1, 0.15) is 30.6 Å². The van der Waals surface area contributed by atoms with Crippen molar-refractivity contribution in [3.63, 3.8) is 0 Å². The van der Waals surface area contributed by atoms with Crippen molar-refractivity contribution in [2.45, 2.75) is 25.8 Å². The molecule has 1 amide bonds. The van der Waals surface area contributed by atoms with Gasteiger partial charge < -0.3 is 15.5 Å². The Morgan fingerprint density at radius 2 is 1.94 bits per heavy atom. The van der Waals surface area contributed by atoms with Crippen molar-refractivity contribution in [3.05, 3.63) is 23.8 Å². The Morgan fingerprint density at radius 1 is 1.41 bits per heavy atom. The summed E-state index contributed by atoms with van der Waals surface area (Å²) in [5.74, 6) is -0.935. The maximum Gasteiger partial charge on any atom is 0.259 e. The summed E-state index contributed by atoms with van der Waals surface area (Å²) >= 11 is 3.33. The Kier molecular flexibility index (Phi) is 4.40. The molecule has 94 valence electrons. The molecule has 1 rings (SSSR count). The van der Waals surface area contributed by atoms with E-state index in [2.05, 4.69) is 21.2 Å². The molecule has 1 aromatic rings. The number of benzene rings is 1. The SMILES string of the molecule is CCC(C)(CBr)NC(=O)c1c(O)cccc1O. The van der Waals surface area contributed by atoms with Crippen LogP contribution in [0.25, 0.3) is 0 Å². The van der Waals surface area contributed by atoms with Crippen LogP contribution in [0.3, 0.4) is 0 Å². The Balaban J connectivity index is 2.98. The zero-order valence-electron chi connectivity index (χ0n) is 9.83. The number of rotatable bonds is 4. The van der Waals surface area contributed by atoms with E-state index in [9.17, 15) is 15.0 Å². The van der Waals surface area contributed by atoms with Gasteiger partial charge >= 0.3 is 0 Å². The topological polar surface area (TPSA) is 69.6 Å². The van der Waals surface area contributed by atoms with Crippen LogP contribution < -0.4 is 5.32 Å². The zero-order valence-corrected chi connectivity index (χ0v) is 11.4. The van der Waals surface area contributed by atoms with E-state index in [0.29, 0.717) is 5.33 Å². The van der Waals surface area contributed by atoms with Gasteiger partial charge in [-0.3, -0.25) is 4.79 Å². The van der Waals surface area contributed by atoms with E-state index in [1.165, 1.54) is 18.2 Å². The number of carbonyl (C=O) groups is 1. The van der Waals surface area contributed by atoms with Crippen molar-refractivity contribution in [1.29, 1.82) is 0 Å². The van der Waals surface area contributed by atoms with Crippen LogP contribution in [-0.2, 0) is 0 Å². The molecule has 0 aliphatic rings. The number of halogens is 1. The molecule has 0 radical (unpaired) electrons. The molecule has 0 aliphatic carbocycles. The fourth-order valence-corrected chi connectivity index (χ4v) is 1.85. The minimum atomic E-state index is -0.482. The number of hydrogen-bond acceptors (Lipinski definition) is 3. The first kappa shape index (κ1) is 13.8. The Labute approximate surface area is 109 Å². The first-order valence-electron chi connectivity index (χ1n) is 5.33. The molecule has 1 unspecified atom stereocenters. The third kappa shape index (κ3) is 3.12. The van der Waals surface area contributed by atoms with Gasteiger partial charge in [0, 0.05) is 10.9 Å². The summed E-state index contributed by atoms with van der Waals surface area (Å²) in [5.41, 5.74) is -0.501. The Morgan fingerprint density at radius 3 is 2.35 bits per heavy atom. The molecule has 0 aromatic heterocycles. The standard InChI is InChI=1S/C12H16BrNO3/c1-3-12(2,7-13)14-11(17)10-8(15)5-4-6-9(10)16/h4-6,15-16H,3,7H2,1-2H3,(H,14,17). The summed E-state index contributed by atoms with van der Waals surface area (Å²) in [6.45, 7) is 3.84. The number of aromatic hydroxyl groups is 2. The number of carbonyl (C=O) groups excluding carboxylic acids is 1. The van der Waals surface area contributed by atoms with Crippen LogP contribution in [-0.4, -0.2) is 27.0 Å². The van der Waals surface area contributed by atoms with Gasteiger partial charge in [-0.1, -0.05) is 28.9 Å². The number of phenols is 2. The lowest BCUT2D eigenvalue weighted by Crippen LogP contribution is -2.46. The summed E-state index contributed by atoms with van der Waals surface area (Å²) < 4.78 is 0. The van der Waals surface area contributed by atoms with E-state index >= 15 is 0 Å². The molecule has 1 atom stereocenters. The second kappa shape index (κ2) is 5.40. The van der Waals surface area contributed by atoms with E-state index < -0.39 is 11.4 Å². The highest BCUT2D eigenvalue weighted by atomic mass is 79.9. The number of phenolic OH excluding ortho intramolecular Hbond substituents is 2. The fourth-order valence-electron chi connectivity index (χ4n) is 1.31. The van der Waals surface area contributed by atoms with Crippen molar-refractivity contribution >= 4 is 21.8 Å². The smallest absolute Gasteiger partial charge is 0.259 e. The maximum atomic E-state index is 12.0. The second-order valence-corrected chi connectivity index (χ2v) is 4.73. The van der Waals surface area contributed by atoms with Gasteiger partial charge in [0.1, 0.15) is 17.1 Å². The van der Waals surface area contributed by atoms with Crippen LogP contribution in [0.15, 0.2) is 18.2 Å². The molecule has 0 fully saturated rings. The fraction of sp³-hybridized carbons (Fsp3) is 0.417. The number of nitrogens with one attached hydrogen (secondary N) is 1. The van der Waals surface area contributed by atoms with E-state index in [1.807, 2.05) is 13.8 Å². The molecule has 4 nitrogen and oxygen atoms in total. The minimum Gasteiger partial charge on any atom is -0.507 e. The summed E-state index contributed by atoms with van der Waals surface area (Å²) in [6.07, 6.45) is 0.734. The highest BCUT2D eigenvalue weighted by Gasteiger charge is 2.26. The van der Waals surface area contributed by atoms with Gasteiger partial charge in [0.15, 0.2) is 0 Å². The van der Waals surface area contributed by atoms with Crippen molar-refractivity contribution in [1.82, 2.24) is 5.32 Å². The van der Waals surface area contributed by atoms with Gasteiger partial charge in [0.2, 0.25) is 0 Å². The highest BCUT2D eigenvalue weighted by molar-refractivity contribution is 9.09. The number of hydrogen-bond donors (Lipinski definition) is 3. The van der Waals surface area contributed by atoms with Gasteiger partial charge in [-0.15, -0.1) is 0 Å². The van der Waals surface area contributed by atoms with Gasteiger partial charge in [-0.05, 0) is 25.5 Å². The van der Waals surface area contributed by atoms with E-state index in [0.717, 1.165) is 6.42 Å². The molecule has 17 heavy (non-hydrogen) atoms. The van der Waals surface area contributed by atoms with E-state index in [-0.39, 0.29) is 17.1 Å².